The molecule has 29 heavy (non-hydrogen) atoms. The summed E-state index contributed by atoms with van der Waals surface area (Å²) in [7, 11) is 0. The van der Waals surface area contributed by atoms with Crippen molar-refractivity contribution in [3.8, 4) is 23.0 Å². The lowest BCUT2D eigenvalue weighted by Crippen LogP contribution is -2.02. The van der Waals surface area contributed by atoms with Gasteiger partial charge >= 0.3 is 0 Å². The minimum Gasteiger partial charge on any atom is -0.381 e. The molecule has 0 saturated heterocycles. The van der Waals surface area contributed by atoms with Gasteiger partial charge < -0.3 is 5.32 Å². The molecular weight excluding hydrogens is 389 g/mol. The number of nitrogens with one attached hydrogen (secondary N) is 1. The number of nitrogens with zero attached hydrogens (tertiary/aromatic N) is 4. The maximum atomic E-state index is 13.1. The van der Waals surface area contributed by atoms with Crippen LogP contribution in [0.1, 0.15) is 11.3 Å². The lowest BCUT2D eigenvalue weighted by molar-refractivity contribution is 0.627. The van der Waals surface area contributed by atoms with Crippen molar-refractivity contribution >= 4 is 17.3 Å². The Balaban J connectivity index is 1.53. The van der Waals surface area contributed by atoms with Crippen LogP contribution in [0.5, 0.6) is 0 Å². The number of rotatable bonds is 5. The molecule has 0 spiro atoms. The van der Waals surface area contributed by atoms with Crippen LogP contribution in [0.25, 0.3) is 16.9 Å². The summed E-state index contributed by atoms with van der Waals surface area (Å²) in [5, 5.41) is 17.6. The predicted octanol–water partition coefficient (Wildman–Crippen LogP) is 5.21. The van der Waals surface area contributed by atoms with Gasteiger partial charge in [-0.2, -0.15) is 10.4 Å². The standard InChI is InChI=1S/C22H15ClFN5/c23-21-10-17(24)4-3-15(21)14-27-18-5-7-19(8-6-18)29-20(12-25)11-22(28-29)16-2-1-9-26-13-16/h1-11,13,27H,14H2. The molecule has 0 aliphatic rings. The van der Waals surface area contributed by atoms with Gasteiger partial charge in [0.15, 0.2) is 0 Å². The van der Waals surface area contributed by atoms with Crippen molar-refractivity contribution in [1.29, 1.82) is 5.26 Å². The zero-order valence-corrected chi connectivity index (χ0v) is 15.9. The van der Waals surface area contributed by atoms with Crippen molar-refractivity contribution in [2.24, 2.45) is 0 Å². The van der Waals surface area contributed by atoms with Crippen molar-refractivity contribution in [3.63, 3.8) is 0 Å². The third-order valence-corrected chi connectivity index (χ3v) is 4.74. The molecule has 0 amide bonds. The first-order chi connectivity index (χ1) is 14.1. The average Bonchev–Trinajstić information content (AvgIpc) is 3.19. The SMILES string of the molecule is N#Cc1cc(-c2cccnc2)nn1-c1ccc(NCc2ccc(F)cc2Cl)cc1. The summed E-state index contributed by atoms with van der Waals surface area (Å²) in [6.45, 7) is 0.467. The number of aromatic nitrogens is 3. The van der Waals surface area contributed by atoms with Crippen LogP contribution in [0.15, 0.2) is 73.1 Å². The van der Waals surface area contributed by atoms with Crippen molar-refractivity contribution < 1.29 is 4.39 Å². The topological polar surface area (TPSA) is 66.5 Å². The number of nitriles is 1. The minimum absolute atomic E-state index is 0.360. The van der Waals surface area contributed by atoms with E-state index in [1.165, 1.54) is 12.1 Å². The molecule has 1 N–H and O–H groups in total. The second-order valence-corrected chi connectivity index (χ2v) is 6.72. The van der Waals surface area contributed by atoms with Gasteiger partial charge in [-0.25, -0.2) is 9.07 Å². The third kappa shape index (κ3) is 4.10. The van der Waals surface area contributed by atoms with Crippen LogP contribution in [0.2, 0.25) is 5.02 Å². The van der Waals surface area contributed by atoms with Crippen LogP contribution >= 0.6 is 11.6 Å². The molecule has 2 heterocycles. The average molecular weight is 404 g/mol. The van der Waals surface area contributed by atoms with E-state index in [9.17, 15) is 9.65 Å². The van der Waals surface area contributed by atoms with E-state index >= 15 is 0 Å². The van der Waals surface area contributed by atoms with Crippen LogP contribution in [0, 0.1) is 17.1 Å². The summed E-state index contributed by atoms with van der Waals surface area (Å²) in [5.41, 5.74) is 4.40. The first kappa shape index (κ1) is 18.7. The van der Waals surface area contributed by atoms with E-state index in [0.29, 0.717) is 23.0 Å². The molecule has 7 heteroatoms. The molecule has 0 aliphatic heterocycles. The number of benzene rings is 2. The second-order valence-electron chi connectivity index (χ2n) is 6.32. The van der Waals surface area contributed by atoms with Crippen LogP contribution in [-0.2, 0) is 6.54 Å². The highest BCUT2D eigenvalue weighted by Gasteiger charge is 2.11. The molecule has 0 unspecified atom stereocenters. The smallest absolute Gasteiger partial charge is 0.144 e. The molecule has 4 rings (SSSR count). The summed E-state index contributed by atoms with van der Waals surface area (Å²) in [6.07, 6.45) is 3.40. The van der Waals surface area contributed by atoms with E-state index in [-0.39, 0.29) is 5.82 Å². The van der Waals surface area contributed by atoms with E-state index in [4.69, 9.17) is 11.6 Å². The summed E-state index contributed by atoms with van der Waals surface area (Å²) in [5.74, 6) is -0.360. The zero-order chi connectivity index (χ0) is 20.2. The maximum Gasteiger partial charge on any atom is 0.144 e. The molecule has 5 nitrogen and oxygen atoms in total. The summed E-state index contributed by atoms with van der Waals surface area (Å²) < 4.78 is 14.7. The van der Waals surface area contributed by atoms with E-state index < -0.39 is 0 Å². The van der Waals surface area contributed by atoms with Crippen LogP contribution in [0.3, 0.4) is 0 Å². The molecule has 2 aromatic heterocycles. The van der Waals surface area contributed by atoms with E-state index in [0.717, 1.165) is 22.5 Å². The fraction of sp³-hybridized carbons (Fsp3) is 0.0455. The van der Waals surface area contributed by atoms with Gasteiger partial charge in [-0.3, -0.25) is 4.98 Å². The van der Waals surface area contributed by atoms with Gasteiger partial charge in [-0.15, -0.1) is 0 Å². The number of pyridine rings is 1. The molecule has 0 bridgehead atoms. The number of hydrogen-bond acceptors (Lipinski definition) is 4. The first-order valence-corrected chi connectivity index (χ1v) is 9.20. The molecule has 0 saturated carbocycles. The highest BCUT2D eigenvalue weighted by molar-refractivity contribution is 6.31. The van der Waals surface area contributed by atoms with Crippen molar-refractivity contribution in [2.45, 2.75) is 6.54 Å². The highest BCUT2D eigenvalue weighted by Crippen LogP contribution is 2.23. The van der Waals surface area contributed by atoms with Crippen molar-refractivity contribution in [1.82, 2.24) is 14.8 Å². The van der Waals surface area contributed by atoms with Gasteiger partial charge in [0.25, 0.3) is 0 Å². The molecule has 0 fully saturated rings. The summed E-state index contributed by atoms with van der Waals surface area (Å²) in [6, 6.07) is 19.5. The number of hydrogen-bond donors (Lipinski definition) is 1. The van der Waals surface area contributed by atoms with E-state index in [1.807, 2.05) is 36.4 Å². The van der Waals surface area contributed by atoms with E-state index in [1.54, 1.807) is 29.2 Å². The van der Waals surface area contributed by atoms with Gasteiger partial charge in [-0.1, -0.05) is 17.7 Å². The van der Waals surface area contributed by atoms with Gasteiger partial charge in [0.05, 0.1) is 11.4 Å². The largest absolute Gasteiger partial charge is 0.381 e. The van der Waals surface area contributed by atoms with Crippen molar-refractivity contribution in [3.05, 3.63) is 95.2 Å². The first-order valence-electron chi connectivity index (χ1n) is 8.83. The zero-order valence-electron chi connectivity index (χ0n) is 15.2. The Bertz CT molecular complexity index is 1180. The molecule has 2 aromatic carbocycles. The number of anilines is 1. The molecule has 0 atom stereocenters. The van der Waals surface area contributed by atoms with Gasteiger partial charge in [0, 0.05) is 41.3 Å². The Morgan fingerprint density at radius 3 is 2.62 bits per heavy atom. The Morgan fingerprint density at radius 1 is 1.10 bits per heavy atom. The summed E-state index contributed by atoms with van der Waals surface area (Å²) >= 11 is 6.06. The fourth-order valence-corrected chi connectivity index (χ4v) is 3.13. The lowest BCUT2D eigenvalue weighted by atomic mass is 10.2. The van der Waals surface area contributed by atoms with Crippen molar-refractivity contribution in [2.75, 3.05) is 5.32 Å². The Morgan fingerprint density at radius 2 is 1.93 bits per heavy atom. The van der Waals surface area contributed by atoms with Gasteiger partial charge in [0.1, 0.15) is 17.6 Å². The van der Waals surface area contributed by atoms with Gasteiger partial charge in [-0.05, 0) is 54.1 Å². The van der Waals surface area contributed by atoms with Gasteiger partial charge in [0.2, 0.25) is 0 Å². The number of halogens is 2. The van der Waals surface area contributed by atoms with Crippen LogP contribution in [-0.4, -0.2) is 14.8 Å². The third-order valence-electron chi connectivity index (χ3n) is 4.39. The monoisotopic (exact) mass is 403 g/mol. The van der Waals surface area contributed by atoms with E-state index in [2.05, 4.69) is 21.5 Å². The maximum absolute atomic E-state index is 13.1. The Labute approximate surface area is 172 Å². The molecule has 142 valence electrons. The normalized spacial score (nSPS) is 10.5. The molecule has 0 aliphatic carbocycles. The van der Waals surface area contributed by atoms with Crippen LogP contribution < -0.4 is 5.32 Å². The Hall–Kier alpha value is -3.69. The molecule has 0 radical (unpaired) electrons. The minimum atomic E-state index is -0.360. The molecular formula is C22H15ClFN5. The quantitative estimate of drug-likeness (QED) is 0.496. The highest BCUT2D eigenvalue weighted by atomic mass is 35.5. The summed E-state index contributed by atoms with van der Waals surface area (Å²) in [4.78, 5) is 4.10. The molecule has 4 aromatic rings. The second kappa shape index (κ2) is 8.13. The predicted molar refractivity (Wildman–Crippen MR) is 110 cm³/mol. The lowest BCUT2D eigenvalue weighted by Gasteiger charge is -2.09. The fourth-order valence-electron chi connectivity index (χ4n) is 2.90. The Kier molecular flexibility index (Phi) is 5.23. The van der Waals surface area contributed by atoms with Crippen LogP contribution in [0.4, 0.5) is 10.1 Å².